The summed E-state index contributed by atoms with van der Waals surface area (Å²) in [6.07, 6.45) is 0. The number of thiazole rings is 1. The molecule has 1 saturated heterocycles. The number of carbonyl (C=O) groups is 3. The van der Waals surface area contributed by atoms with Crippen LogP contribution in [-0.4, -0.2) is 75.1 Å². The number of hydrogen-bond acceptors (Lipinski definition) is 11. The third kappa shape index (κ3) is 6.83. The fourth-order valence-electron chi connectivity index (χ4n) is 6.29. The Hall–Kier alpha value is -5.14. The fraction of sp³-hybridized carbons (Fsp3) is 0.270. The number of rotatable bonds is 11. The molecule has 258 valence electrons. The Labute approximate surface area is 298 Å². The van der Waals surface area contributed by atoms with Crippen molar-refractivity contribution in [3.63, 3.8) is 0 Å². The smallest absolute Gasteiger partial charge is 0.355 e. The minimum atomic E-state index is -1.19. The lowest BCUT2D eigenvalue weighted by molar-refractivity contribution is -0.160. The monoisotopic (exact) mass is 711 g/mol. The summed E-state index contributed by atoms with van der Waals surface area (Å²) in [5, 5.41) is 24.6. The molecule has 2 aliphatic heterocycles. The average Bonchev–Trinajstić information content (AvgIpc) is 3.56. The summed E-state index contributed by atoms with van der Waals surface area (Å²) >= 11 is 2.66. The van der Waals surface area contributed by atoms with Gasteiger partial charge in [0, 0.05) is 16.5 Å². The summed E-state index contributed by atoms with van der Waals surface area (Å²) in [6.45, 7) is 5.23. The Morgan fingerprint density at radius 2 is 1.48 bits per heavy atom. The van der Waals surface area contributed by atoms with Gasteiger partial charge in [-0.25, -0.2) is 14.6 Å². The summed E-state index contributed by atoms with van der Waals surface area (Å²) in [5.74, 6) is -1.99. The zero-order valence-electron chi connectivity index (χ0n) is 27.9. The molecule has 4 aromatic rings. The Kier molecular flexibility index (Phi) is 9.98. The number of amides is 1. The highest BCUT2D eigenvalue weighted by atomic mass is 32.2. The van der Waals surface area contributed by atoms with Crippen LogP contribution in [0.1, 0.15) is 43.2 Å². The van der Waals surface area contributed by atoms with Crippen molar-refractivity contribution in [1.82, 2.24) is 15.2 Å². The highest BCUT2D eigenvalue weighted by molar-refractivity contribution is 8.02. The molecule has 50 heavy (non-hydrogen) atoms. The SMILES string of the molecule is CO/N=C(\C(=O)NC1C2CSC=C(C(=O)OC(C)(C)C)N2C1C(=O)O)c1csc(NC(c2ccccc2)(c2ccccc2)c2ccccc2)n1. The van der Waals surface area contributed by atoms with Crippen LogP contribution in [0.25, 0.3) is 0 Å². The number of oxime groups is 1. The normalized spacial score (nSPS) is 19.0. The first-order valence-electron chi connectivity index (χ1n) is 15.9. The van der Waals surface area contributed by atoms with Gasteiger partial charge in [-0.1, -0.05) is 96.2 Å². The van der Waals surface area contributed by atoms with E-state index in [1.54, 1.807) is 31.6 Å². The first kappa shape index (κ1) is 34.7. The number of nitrogens with zero attached hydrogens (tertiary/aromatic N) is 3. The molecule has 2 aliphatic rings. The van der Waals surface area contributed by atoms with Gasteiger partial charge in [0.2, 0.25) is 0 Å². The van der Waals surface area contributed by atoms with E-state index in [1.165, 1.54) is 35.1 Å². The lowest BCUT2D eigenvalue weighted by Gasteiger charge is -2.55. The molecular weight excluding hydrogens is 675 g/mol. The summed E-state index contributed by atoms with van der Waals surface area (Å²) in [7, 11) is 1.32. The van der Waals surface area contributed by atoms with E-state index < -0.39 is 47.1 Å². The first-order valence-corrected chi connectivity index (χ1v) is 17.9. The molecule has 0 bridgehead atoms. The van der Waals surface area contributed by atoms with E-state index in [0.29, 0.717) is 10.9 Å². The van der Waals surface area contributed by atoms with Gasteiger partial charge in [-0.15, -0.1) is 23.1 Å². The van der Waals surface area contributed by atoms with Crippen LogP contribution >= 0.6 is 23.1 Å². The second-order valence-electron chi connectivity index (χ2n) is 12.7. The molecule has 3 heterocycles. The predicted octanol–water partition coefficient (Wildman–Crippen LogP) is 5.45. The number of aliphatic carboxylic acids is 1. The average molecular weight is 712 g/mol. The number of ether oxygens (including phenoxy) is 1. The van der Waals surface area contributed by atoms with Gasteiger partial charge in [0.1, 0.15) is 35.7 Å². The first-order chi connectivity index (χ1) is 24.0. The van der Waals surface area contributed by atoms with Crippen molar-refractivity contribution in [3.05, 3.63) is 130 Å². The number of carboxylic acids is 1. The Balaban J connectivity index is 1.29. The number of fused-ring (bicyclic) bond motifs is 1. The van der Waals surface area contributed by atoms with Crippen LogP contribution in [0.5, 0.6) is 0 Å². The molecule has 3 unspecified atom stereocenters. The van der Waals surface area contributed by atoms with Crippen LogP contribution in [0.3, 0.4) is 0 Å². The quantitative estimate of drug-likeness (QED) is 0.0796. The molecule has 11 nitrogen and oxygen atoms in total. The van der Waals surface area contributed by atoms with E-state index in [2.05, 4.69) is 52.2 Å². The van der Waals surface area contributed by atoms with Crippen molar-refractivity contribution >= 4 is 51.8 Å². The van der Waals surface area contributed by atoms with Crippen LogP contribution in [0.4, 0.5) is 5.13 Å². The van der Waals surface area contributed by atoms with Crippen LogP contribution < -0.4 is 10.6 Å². The van der Waals surface area contributed by atoms with Crippen LogP contribution in [0.2, 0.25) is 0 Å². The van der Waals surface area contributed by atoms with E-state index in [9.17, 15) is 19.5 Å². The van der Waals surface area contributed by atoms with Crippen LogP contribution in [0, 0.1) is 0 Å². The topological polar surface area (TPSA) is 142 Å². The van der Waals surface area contributed by atoms with Crippen molar-refractivity contribution < 1.29 is 29.1 Å². The van der Waals surface area contributed by atoms with Gasteiger partial charge >= 0.3 is 11.9 Å². The van der Waals surface area contributed by atoms with E-state index in [1.807, 2.05) is 54.6 Å². The van der Waals surface area contributed by atoms with Crippen molar-refractivity contribution in [1.29, 1.82) is 0 Å². The van der Waals surface area contributed by atoms with Gasteiger partial charge in [0.05, 0.1) is 12.1 Å². The zero-order chi connectivity index (χ0) is 35.5. The number of carboxylic acid groups (broad SMARTS) is 1. The number of thioether (sulfide) groups is 1. The Morgan fingerprint density at radius 3 is 1.98 bits per heavy atom. The number of aromatic nitrogens is 1. The second-order valence-corrected chi connectivity index (χ2v) is 14.5. The number of esters is 1. The maximum atomic E-state index is 13.8. The molecule has 3 N–H and O–H groups in total. The van der Waals surface area contributed by atoms with Crippen LogP contribution in [-0.2, 0) is 29.5 Å². The molecule has 0 aliphatic carbocycles. The predicted molar refractivity (Wildman–Crippen MR) is 194 cm³/mol. The van der Waals surface area contributed by atoms with Gasteiger partial charge in [0.15, 0.2) is 10.8 Å². The molecule has 0 spiro atoms. The summed E-state index contributed by atoms with van der Waals surface area (Å²) < 4.78 is 5.53. The largest absolute Gasteiger partial charge is 0.480 e. The molecule has 0 radical (unpaired) electrons. The molecule has 3 aromatic carbocycles. The molecule has 0 saturated carbocycles. The summed E-state index contributed by atoms with van der Waals surface area (Å²) in [4.78, 5) is 50.7. The van der Waals surface area contributed by atoms with Crippen molar-refractivity contribution in [2.24, 2.45) is 5.16 Å². The molecule has 3 atom stereocenters. The lowest BCUT2D eigenvalue weighted by atomic mass is 9.77. The molecule has 6 rings (SSSR count). The number of benzene rings is 3. The van der Waals surface area contributed by atoms with E-state index in [-0.39, 0.29) is 17.1 Å². The Bertz CT molecular complexity index is 1810. The van der Waals surface area contributed by atoms with E-state index >= 15 is 0 Å². The van der Waals surface area contributed by atoms with Crippen LogP contribution in [0.15, 0.2) is 113 Å². The molecule has 1 aromatic heterocycles. The minimum Gasteiger partial charge on any atom is -0.480 e. The highest BCUT2D eigenvalue weighted by Gasteiger charge is 2.56. The second kappa shape index (κ2) is 14.4. The Morgan fingerprint density at radius 1 is 0.920 bits per heavy atom. The number of hydrogen-bond donors (Lipinski definition) is 3. The van der Waals surface area contributed by atoms with Gasteiger partial charge in [-0.3, -0.25) is 4.79 Å². The molecule has 1 amide bonds. The summed E-state index contributed by atoms with van der Waals surface area (Å²) in [6, 6.07) is 27.7. The number of carbonyl (C=O) groups excluding carboxylic acids is 2. The van der Waals surface area contributed by atoms with Crippen molar-refractivity contribution in [2.75, 3.05) is 18.2 Å². The lowest BCUT2D eigenvalue weighted by Crippen LogP contribution is -2.77. The van der Waals surface area contributed by atoms with E-state index in [0.717, 1.165) is 16.7 Å². The van der Waals surface area contributed by atoms with Gasteiger partial charge in [0.25, 0.3) is 5.91 Å². The zero-order valence-corrected chi connectivity index (χ0v) is 29.5. The standard InChI is InChI=1S/C37H37N5O6S2/c1-36(2,3)48-34(46)28-22-49-21-27-30(31(33(44)45)42(27)28)39-32(43)29(41-47-4)26-20-50-35(38-26)40-37(23-14-8-5-9-15-23,24-16-10-6-11-17-24)25-18-12-7-13-19-25/h5-20,22,27,30-31H,21H2,1-4H3,(H,38,40)(H,39,43)(H,44,45)/b41-29-. The number of nitrogens with one attached hydrogen (secondary N) is 2. The maximum absolute atomic E-state index is 13.8. The number of anilines is 1. The molecule has 13 heteroatoms. The van der Waals surface area contributed by atoms with Gasteiger partial charge in [-0.05, 0) is 37.5 Å². The maximum Gasteiger partial charge on any atom is 0.355 e. The third-order valence-corrected chi connectivity index (χ3v) is 10.1. The third-order valence-electron chi connectivity index (χ3n) is 8.37. The van der Waals surface area contributed by atoms with Crippen molar-refractivity contribution in [3.8, 4) is 0 Å². The van der Waals surface area contributed by atoms with Gasteiger partial charge < -0.3 is 30.2 Å². The highest BCUT2D eigenvalue weighted by Crippen LogP contribution is 2.41. The van der Waals surface area contributed by atoms with Crippen molar-refractivity contribution in [2.45, 2.75) is 50.0 Å². The molecule has 1 fully saturated rings. The molecular formula is C37H37N5O6S2. The summed E-state index contributed by atoms with van der Waals surface area (Å²) in [5.41, 5.74) is 1.63. The van der Waals surface area contributed by atoms with Gasteiger partial charge in [-0.2, -0.15) is 0 Å². The fourth-order valence-corrected chi connectivity index (χ4v) is 8.08. The van der Waals surface area contributed by atoms with E-state index in [4.69, 9.17) is 14.6 Å². The minimum absolute atomic E-state index is 0.115.